The largest absolute Gasteiger partial charge is 0.497 e. The van der Waals surface area contributed by atoms with E-state index in [9.17, 15) is 9.18 Å². The fourth-order valence-electron chi connectivity index (χ4n) is 2.19. The Kier molecular flexibility index (Phi) is 6.25. The van der Waals surface area contributed by atoms with Crippen LogP contribution in [0.5, 0.6) is 11.5 Å². The summed E-state index contributed by atoms with van der Waals surface area (Å²) >= 11 is 2.59. The molecule has 0 amide bonds. The molecular weight excluding hydrogens is 389 g/mol. The highest BCUT2D eigenvalue weighted by Gasteiger charge is 2.13. The molecule has 0 saturated carbocycles. The van der Waals surface area contributed by atoms with Gasteiger partial charge in [0.1, 0.15) is 5.75 Å². The van der Waals surface area contributed by atoms with Gasteiger partial charge in [0.15, 0.2) is 21.7 Å². The van der Waals surface area contributed by atoms with Crippen LogP contribution in [0.2, 0.25) is 0 Å². The SMILES string of the molecule is COc1cccc(Nc2nnc(SCC(=O)c3ccc(OC)c(F)c3)s2)c1. The van der Waals surface area contributed by atoms with Gasteiger partial charge in [0.25, 0.3) is 0 Å². The molecule has 3 rings (SSSR count). The fraction of sp³-hybridized carbons (Fsp3) is 0.167. The van der Waals surface area contributed by atoms with Gasteiger partial charge in [0.05, 0.1) is 20.0 Å². The molecule has 0 unspecified atom stereocenters. The van der Waals surface area contributed by atoms with Gasteiger partial charge < -0.3 is 14.8 Å². The summed E-state index contributed by atoms with van der Waals surface area (Å²) in [5.41, 5.74) is 1.12. The molecule has 1 aromatic heterocycles. The second-order valence-corrected chi connectivity index (χ2v) is 7.49. The van der Waals surface area contributed by atoms with Crippen LogP contribution in [-0.4, -0.2) is 36.0 Å². The summed E-state index contributed by atoms with van der Waals surface area (Å²) in [6.45, 7) is 0. The average Bonchev–Trinajstić information content (AvgIpc) is 3.13. The van der Waals surface area contributed by atoms with Gasteiger partial charge in [-0.2, -0.15) is 0 Å². The van der Waals surface area contributed by atoms with Crippen molar-refractivity contribution in [1.29, 1.82) is 0 Å². The maximum atomic E-state index is 13.7. The molecule has 0 aliphatic heterocycles. The Balaban J connectivity index is 1.59. The molecule has 140 valence electrons. The zero-order valence-corrected chi connectivity index (χ0v) is 16.2. The van der Waals surface area contributed by atoms with Gasteiger partial charge in [-0.1, -0.05) is 29.2 Å². The third-order valence-electron chi connectivity index (χ3n) is 3.53. The van der Waals surface area contributed by atoms with Crippen molar-refractivity contribution in [2.45, 2.75) is 4.34 Å². The van der Waals surface area contributed by atoms with E-state index in [0.717, 1.165) is 11.4 Å². The molecule has 27 heavy (non-hydrogen) atoms. The van der Waals surface area contributed by atoms with Crippen molar-refractivity contribution in [3.05, 3.63) is 53.8 Å². The van der Waals surface area contributed by atoms with Gasteiger partial charge in [-0.25, -0.2) is 4.39 Å². The van der Waals surface area contributed by atoms with Crippen LogP contribution in [0, 0.1) is 5.82 Å². The zero-order chi connectivity index (χ0) is 19.2. The van der Waals surface area contributed by atoms with Crippen molar-refractivity contribution in [1.82, 2.24) is 10.2 Å². The minimum Gasteiger partial charge on any atom is -0.497 e. The zero-order valence-electron chi connectivity index (χ0n) is 14.6. The predicted octanol–water partition coefficient (Wildman–Crippen LogP) is 4.41. The molecular formula is C18H16FN3O3S2. The number of rotatable bonds is 8. The van der Waals surface area contributed by atoms with E-state index in [0.29, 0.717) is 15.0 Å². The van der Waals surface area contributed by atoms with Crippen LogP contribution in [0.1, 0.15) is 10.4 Å². The van der Waals surface area contributed by atoms with Gasteiger partial charge in [0, 0.05) is 17.3 Å². The Morgan fingerprint density at radius 1 is 1.19 bits per heavy atom. The summed E-state index contributed by atoms with van der Waals surface area (Å²) in [7, 11) is 2.98. The van der Waals surface area contributed by atoms with Crippen molar-refractivity contribution in [2.75, 3.05) is 25.3 Å². The molecule has 3 aromatic rings. The number of anilines is 2. The first-order chi connectivity index (χ1) is 13.1. The van der Waals surface area contributed by atoms with E-state index in [1.165, 1.54) is 42.3 Å². The van der Waals surface area contributed by atoms with Crippen LogP contribution in [-0.2, 0) is 0 Å². The maximum absolute atomic E-state index is 13.7. The first-order valence-electron chi connectivity index (χ1n) is 7.83. The lowest BCUT2D eigenvalue weighted by atomic mass is 10.1. The third kappa shape index (κ3) is 4.95. The van der Waals surface area contributed by atoms with Crippen LogP contribution < -0.4 is 14.8 Å². The summed E-state index contributed by atoms with van der Waals surface area (Å²) in [5, 5.41) is 11.9. The molecule has 0 radical (unpaired) electrons. The van der Waals surface area contributed by atoms with Crippen molar-refractivity contribution in [3.8, 4) is 11.5 Å². The third-order valence-corrected chi connectivity index (χ3v) is 5.50. The number of ether oxygens (including phenoxy) is 2. The Morgan fingerprint density at radius 3 is 2.78 bits per heavy atom. The summed E-state index contributed by atoms with van der Waals surface area (Å²) in [6, 6.07) is 11.6. The van der Waals surface area contributed by atoms with Crippen LogP contribution in [0.3, 0.4) is 0 Å². The van der Waals surface area contributed by atoms with E-state index in [1.807, 2.05) is 24.3 Å². The van der Waals surface area contributed by atoms with Gasteiger partial charge in [0.2, 0.25) is 5.13 Å². The molecule has 6 nitrogen and oxygen atoms in total. The Labute approximate surface area is 163 Å². The quantitative estimate of drug-likeness (QED) is 0.439. The lowest BCUT2D eigenvalue weighted by Crippen LogP contribution is -2.03. The molecule has 1 heterocycles. The number of aromatic nitrogens is 2. The van der Waals surface area contributed by atoms with E-state index < -0.39 is 5.82 Å². The number of methoxy groups -OCH3 is 2. The van der Waals surface area contributed by atoms with E-state index in [4.69, 9.17) is 9.47 Å². The predicted molar refractivity (Wildman–Crippen MR) is 104 cm³/mol. The van der Waals surface area contributed by atoms with Gasteiger partial charge in [-0.15, -0.1) is 10.2 Å². The molecule has 9 heteroatoms. The summed E-state index contributed by atoms with van der Waals surface area (Å²) in [6.07, 6.45) is 0. The normalized spacial score (nSPS) is 10.5. The first kappa shape index (κ1) is 19.1. The molecule has 0 atom stereocenters. The Hall–Kier alpha value is -2.65. The van der Waals surface area contributed by atoms with Gasteiger partial charge >= 0.3 is 0 Å². The van der Waals surface area contributed by atoms with Gasteiger partial charge in [-0.05, 0) is 30.3 Å². The number of benzene rings is 2. The highest BCUT2D eigenvalue weighted by atomic mass is 32.2. The van der Waals surface area contributed by atoms with E-state index >= 15 is 0 Å². The lowest BCUT2D eigenvalue weighted by molar-refractivity contribution is 0.102. The van der Waals surface area contributed by atoms with Crippen molar-refractivity contribution < 1.29 is 18.7 Å². The van der Waals surface area contributed by atoms with Gasteiger partial charge in [-0.3, -0.25) is 4.79 Å². The van der Waals surface area contributed by atoms with Crippen LogP contribution in [0.25, 0.3) is 0 Å². The molecule has 0 fully saturated rings. The smallest absolute Gasteiger partial charge is 0.210 e. The van der Waals surface area contributed by atoms with Crippen molar-refractivity contribution in [3.63, 3.8) is 0 Å². The number of nitrogens with zero attached hydrogens (tertiary/aromatic N) is 2. The molecule has 0 aliphatic carbocycles. The number of Topliss-reactive ketones (excluding diaryl/α,β-unsaturated/α-hetero) is 1. The highest BCUT2D eigenvalue weighted by Crippen LogP contribution is 2.29. The monoisotopic (exact) mass is 405 g/mol. The first-order valence-corrected chi connectivity index (χ1v) is 9.63. The highest BCUT2D eigenvalue weighted by molar-refractivity contribution is 8.01. The number of nitrogens with one attached hydrogen (secondary N) is 1. The molecule has 0 saturated heterocycles. The minimum absolute atomic E-state index is 0.108. The van der Waals surface area contributed by atoms with Crippen LogP contribution in [0.4, 0.5) is 15.2 Å². The molecule has 0 aliphatic rings. The van der Waals surface area contributed by atoms with Crippen LogP contribution in [0.15, 0.2) is 46.8 Å². The molecule has 0 bridgehead atoms. The second-order valence-electron chi connectivity index (χ2n) is 5.29. The van der Waals surface area contributed by atoms with Crippen LogP contribution >= 0.6 is 23.1 Å². The molecule has 2 aromatic carbocycles. The average molecular weight is 405 g/mol. The van der Waals surface area contributed by atoms with E-state index in [-0.39, 0.29) is 17.3 Å². The number of hydrogen-bond donors (Lipinski definition) is 1. The fourth-order valence-corrected chi connectivity index (χ4v) is 3.86. The number of carbonyl (C=O) groups excluding carboxylic acids is 1. The van der Waals surface area contributed by atoms with Crippen molar-refractivity contribution >= 4 is 39.7 Å². The Morgan fingerprint density at radius 2 is 2.04 bits per heavy atom. The number of carbonyl (C=O) groups is 1. The summed E-state index contributed by atoms with van der Waals surface area (Å²) in [5.74, 6) is 0.223. The minimum atomic E-state index is -0.561. The molecule has 0 spiro atoms. The van der Waals surface area contributed by atoms with E-state index in [2.05, 4.69) is 15.5 Å². The molecule has 1 N–H and O–H groups in total. The lowest BCUT2D eigenvalue weighted by Gasteiger charge is -2.04. The van der Waals surface area contributed by atoms with E-state index in [1.54, 1.807) is 13.2 Å². The maximum Gasteiger partial charge on any atom is 0.210 e. The summed E-state index contributed by atoms with van der Waals surface area (Å²) < 4.78 is 24.4. The number of thioether (sulfide) groups is 1. The Bertz CT molecular complexity index is 949. The standard InChI is InChI=1S/C18H16FN3O3S2/c1-24-13-5-3-4-12(9-13)20-17-21-22-18(27-17)26-10-15(23)11-6-7-16(25-2)14(19)8-11/h3-9H,10H2,1-2H3,(H,20,21). The number of halogens is 1. The number of ketones is 1. The second kappa shape index (κ2) is 8.83. The topological polar surface area (TPSA) is 73.3 Å². The van der Waals surface area contributed by atoms with Crippen molar-refractivity contribution in [2.24, 2.45) is 0 Å². The number of hydrogen-bond acceptors (Lipinski definition) is 8. The summed E-state index contributed by atoms with van der Waals surface area (Å²) in [4.78, 5) is 12.2.